The van der Waals surface area contributed by atoms with Gasteiger partial charge in [0.05, 0.1) is 40.6 Å². The number of aromatic nitrogens is 1. The lowest BCUT2D eigenvalue weighted by Gasteiger charge is -2.24. The summed E-state index contributed by atoms with van der Waals surface area (Å²) in [5.41, 5.74) is 2.24. The smallest absolute Gasteiger partial charge is 0.338 e. The number of hydrogen-bond acceptors (Lipinski definition) is 7. The summed E-state index contributed by atoms with van der Waals surface area (Å²) in [6.45, 7) is 3.61. The molecule has 7 nitrogen and oxygen atoms in total. The predicted molar refractivity (Wildman–Crippen MR) is 156 cm³/mol. The number of halogens is 2. The van der Waals surface area contributed by atoms with Crippen molar-refractivity contribution in [1.82, 2.24) is 4.57 Å². The first kappa shape index (κ1) is 28.3. The quantitative estimate of drug-likeness (QED) is 0.264. The maximum absolute atomic E-state index is 14.2. The van der Waals surface area contributed by atoms with Crippen molar-refractivity contribution in [3.8, 4) is 11.5 Å². The Labute approximate surface area is 244 Å². The fourth-order valence-corrected chi connectivity index (χ4v) is 5.87. The molecule has 1 aliphatic rings. The zero-order valence-electron chi connectivity index (χ0n) is 22.5. The first-order valence-corrected chi connectivity index (χ1v) is 14.0. The second-order valence-electron chi connectivity index (χ2n) is 9.11. The fourth-order valence-electron chi connectivity index (χ4n) is 4.61. The highest BCUT2D eigenvalue weighted by atomic mass is 35.5. The third-order valence-electron chi connectivity index (χ3n) is 6.55. The van der Waals surface area contributed by atoms with Gasteiger partial charge in [0.1, 0.15) is 12.4 Å². The number of carbonyl (C=O) groups excluding carboxylic acids is 1. The molecule has 0 bridgehead atoms. The monoisotopic (exact) mass is 592 g/mol. The molecule has 0 saturated carbocycles. The standard InChI is InChI=1S/C31H26ClFN2O5S/c1-4-39-30(37)27-18(2)34-31-35(28(27)20-9-6-5-7-10-20)29(36)26(41-31)16-19-13-14-24(25(15-19)38-3)40-17-21-22(32)11-8-12-23(21)33/h5-16,28H,4,17H2,1-3H3. The largest absolute Gasteiger partial charge is 0.493 e. The lowest BCUT2D eigenvalue weighted by Crippen LogP contribution is -2.39. The van der Waals surface area contributed by atoms with Gasteiger partial charge in [0.15, 0.2) is 16.3 Å². The molecule has 1 aromatic heterocycles. The number of allylic oxidation sites excluding steroid dienone is 1. The van der Waals surface area contributed by atoms with Gasteiger partial charge >= 0.3 is 5.97 Å². The van der Waals surface area contributed by atoms with Crippen molar-refractivity contribution in [2.24, 2.45) is 4.99 Å². The Morgan fingerprint density at radius 2 is 1.90 bits per heavy atom. The normalized spacial score (nSPS) is 14.9. The number of ether oxygens (including phenoxy) is 3. The van der Waals surface area contributed by atoms with E-state index < -0.39 is 17.8 Å². The van der Waals surface area contributed by atoms with E-state index in [1.807, 2.05) is 30.3 Å². The second-order valence-corrected chi connectivity index (χ2v) is 10.5. The Bertz CT molecular complexity index is 1810. The zero-order chi connectivity index (χ0) is 29.1. The molecule has 210 valence electrons. The summed E-state index contributed by atoms with van der Waals surface area (Å²) in [7, 11) is 1.50. The highest BCUT2D eigenvalue weighted by Gasteiger charge is 2.33. The van der Waals surface area contributed by atoms with Crippen LogP contribution in [0.4, 0.5) is 4.39 Å². The van der Waals surface area contributed by atoms with Gasteiger partial charge in [-0.15, -0.1) is 0 Å². The molecule has 1 unspecified atom stereocenters. The molecule has 0 radical (unpaired) electrons. The minimum absolute atomic E-state index is 0.0819. The first-order chi connectivity index (χ1) is 19.8. The molecule has 41 heavy (non-hydrogen) atoms. The van der Waals surface area contributed by atoms with E-state index >= 15 is 0 Å². The van der Waals surface area contributed by atoms with Gasteiger partial charge in [-0.25, -0.2) is 14.2 Å². The molecule has 0 fully saturated rings. The maximum atomic E-state index is 14.2. The summed E-state index contributed by atoms with van der Waals surface area (Å²) in [5.74, 6) is -0.168. The van der Waals surface area contributed by atoms with Crippen molar-refractivity contribution in [2.45, 2.75) is 26.5 Å². The highest BCUT2D eigenvalue weighted by molar-refractivity contribution is 7.07. The Hall–Kier alpha value is -4.21. The predicted octanol–water partition coefficient (Wildman–Crippen LogP) is 5.18. The van der Waals surface area contributed by atoms with Crippen LogP contribution in [0.1, 0.15) is 36.6 Å². The fraction of sp³-hybridized carbons (Fsp3) is 0.194. The van der Waals surface area contributed by atoms with Gasteiger partial charge in [-0.1, -0.05) is 65.4 Å². The molecule has 5 rings (SSSR count). The molecule has 3 aromatic carbocycles. The van der Waals surface area contributed by atoms with Gasteiger partial charge in [-0.2, -0.15) is 0 Å². The van der Waals surface area contributed by atoms with Crippen molar-refractivity contribution >= 4 is 35.0 Å². The number of esters is 1. The Morgan fingerprint density at radius 1 is 1.12 bits per heavy atom. The highest BCUT2D eigenvalue weighted by Crippen LogP contribution is 2.32. The average molecular weight is 593 g/mol. The summed E-state index contributed by atoms with van der Waals surface area (Å²) in [6, 6.07) is 18.3. The molecule has 0 amide bonds. The molecule has 0 spiro atoms. The maximum Gasteiger partial charge on any atom is 0.338 e. The number of benzene rings is 3. The van der Waals surface area contributed by atoms with E-state index in [-0.39, 0.29) is 29.4 Å². The Morgan fingerprint density at radius 3 is 2.61 bits per heavy atom. The van der Waals surface area contributed by atoms with Gasteiger partial charge in [0, 0.05) is 5.56 Å². The van der Waals surface area contributed by atoms with E-state index in [9.17, 15) is 14.0 Å². The van der Waals surface area contributed by atoms with Crippen LogP contribution in [0.3, 0.4) is 0 Å². The van der Waals surface area contributed by atoms with E-state index in [1.54, 1.807) is 44.2 Å². The molecule has 0 N–H and O–H groups in total. The molecule has 1 atom stereocenters. The number of nitrogens with zero attached hydrogens (tertiary/aromatic N) is 2. The second kappa shape index (κ2) is 12.1. The van der Waals surface area contributed by atoms with Crippen molar-refractivity contribution in [2.75, 3.05) is 13.7 Å². The number of thiazole rings is 1. The van der Waals surface area contributed by atoms with Crippen LogP contribution in [0.2, 0.25) is 5.02 Å². The molecule has 10 heteroatoms. The number of hydrogen-bond donors (Lipinski definition) is 0. The van der Waals surface area contributed by atoms with Gasteiger partial charge < -0.3 is 14.2 Å². The molecule has 1 aliphatic heterocycles. The minimum Gasteiger partial charge on any atom is -0.493 e. The van der Waals surface area contributed by atoms with Crippen LogP contribution in [-0.4, -0.2) is 24.3 Å². The summed E-state index contributed by atoms with van der Waals surface area (Å²) < 4.78 is 32.8. The van der Waals surface area contributed by atoms with Crippen LogP contribution in [0.15, 0.2) is 87.8 Å². The average Bonchev–Trinajstić information content (AvgIpc) is 3.26. The minimum atomic E-state index is -0.677. The SMILES string of the molecule is CCOC(=O)C1=C(C)N=c2sc(=Cc3ccc(OCc4c(F)cccc4Cl)c(OC)c3)c(=O)n2C1c1ccccc1. The summed E-state index contributed by atoms with van der Waals surface area (Å²) in [4.78, 5) is 31.8. The number of fused-ring (bicyclic) bond motifs is 1. The first-order valence-electron chi connectivity index (χ1n) is 12.8. The van der Waals surface area contributed by atoms with Crippen LogP contribution >= 0.6 is 22.9 Å². The molecular weight excluding hydrogens is 567 g/mol. The van der Waals surface area contributed by atoms with Gasteiger partial charge in [0.25, 0.3) is 5.56 Å². The molecule has 0 aliphatic carbocycles. The van der Waals surface area contributed by atoms with E-state index in [1.165, 1.54) is 35.1 Å². The third kappa shape index (κ3) is 5.68. The topological polar surface area (TPSA) is 79.1 Å². The van der Waals surface area contributed by atoms with Crippen LogP contribution < -0.4 is 24.4 Å². The molecule has 2 heterocycles. The lowest BCUT2D eigenvalue weighted by atomic mass is 9.96. The third-order valence-corrected chi connectivity index (χ3v) is 7.89. The van der Waals surface area contributed by atoms with E-state index in [4.69, 9.17) is 25.8 Å². The summed E-state index contributed by atoms with van der Waals surface area (Å²) in [6.07, 6.45) is 1.73. The lowest BCUT2D eigenvalue weighted by molar-refractivity contribution is -0.139. The molecule has 4 aromatic rings. The van der Waals surface area contributed by atoms with Gasteiger partial charge in [-0.3, -0.25) is 9.36 Å². The van der Waals surface area contributed by atoms with Crippen molar-refractivity contribution in [3.63, 3.8) is 0 Å². The summed E-state index contributed by atoms with van der Waals surface area (Å²) >= 11 is 7.35. The van der Waals surface area contributed by atoms with E-state index in [0.717, 1.165) is 5.56 Å². The van der Waals surface area contributed by atoms with Crippen LogP contribution in [0.5, 0.6) is 11.5 Å². The van der Waals surface area contributed by atoms with Gasteiger partial charge in [-0.05, 0) is 55.3 Å². The summed E-state index contributed by atoms with van der Waals surface area (Å²) in [5, 5.41) is 0.270. The van der Waals surface area contributed by atoms with E-state index in [0.29, 0.717) is 37.7 Å². The van der Waals surface area contributed by atoms with Crippen molar-refractivity contribution < 1.29 is 23.4 Å². The zero-order valence-corrected chi connectivity index (χ0v) is 24.1. The van der Waals surface area contributed by atoms with Crippen LogP contribution in [0.25, 0.3) is 6.08 Å². The Balaban J connectivity index is 1.53. The molecule has 0 saturated heterocycles. The van der Waals surface area contributed by atoms with Crippen molar-refractivity contribution in [3.05, 3.63) is 125 Å². The molecular formula is C31H26ClFN2O5S. The van der Waals surface area contributed by atoms with E-state index in [2.05, 4.69) is 4.99 Å². The van der Waals surface area contributed by atoms with Crippen molar-refractivity contribution in [1.29, 1.82) is 0 Å². The number of rotatable bonds is 8. The van der Waals surface area contributed by atoms with Gasteiger partial charge in [0.2, 0.25) is 0 Å². The Kier molecular flexibility index (Phi) is 8.37. The van der Waals surface area contributed by atoms with Crippen LogP contribution in [-0.2, 0) is 16.1 Å². The number of methoxy groups -OCH3 is 1. The van der Waals surface area contributed by atoms with Crippen LogP contribution in [0, 0.1) is 5.82 Å². The number of carbonyl (C=O) groups is 1.